The fraction of sp³-hybridized carbons (Fsp3) is 0.143. The van der Waals surface area contributed by atoms with Gasteiger partial charge in [-0.1, -0.05) is 12.1 Å². The number of anilines is 2. The third kappa shape index (κ3) is 3.03. The van der Waals surface area contributed by atoms with Gasteiger partial charge in [0.05, 0.1) is 5.69 Å². The largest absolute Gasteiger partial charge is 0.384 e. The molecule has 0 bridgehead atoms. The Morgan fingerprint density at radius 2 is 1.90 bits per heavy atom. The maximum atomic E-state index is 11.9. The Bertz CT molecular complexity index is 787. The van der Waals surface area contributed by atoms with Crippen LogP contribution in [0.25, 0.3) is 0 Å². The molecule has 0 amide bonds. The first kappa shape index (κ1) is 15.0. The maximum Gasteiger partial charge on any atom is 0.179 e. The van der Waals surface area contributed by atoms with Crippen LogP contribution in [0.5, 0.6) is 0 Å². The van der Waals surface area contributed by atoms with Gasteiger partial charge in [0.15, 0.2) is 15.7 Å². The van der Waals surface area contributed by atoms with Gasteiger partial charge in [-0.2, -0.15) is 0 Å². The molecule has 2 rings (SSSR count). The predicted octanol–water partition coefficient (Wildman–Crippen LogP) is 1.54. The van der Waals surface area contributed by atoms with Crippen molar-refractivity contribution in [3.8, 4) is 0 Å². The summed E-state index contributed by atoms with van der Waals surface area (Å²) in [6.07, 6.45) is 2.66. The zero-order valence-electron chi connectivity index (χ0n) is 11.7. The lowest BCUT2D eigenvalue weighted by Crippen LogP contribution is -2.20. The molecule has 0 aliphatic rings. The van der Waals surface area contributed by atoms with Gasteiger partial charge in [0.25, 0.3) is 0 Å². The van der Waals surface area contributed by atoms with Crippen LogP contribution >= 0.6 is 0 Å². The number of pyridine rings is 1. The van der Waals surface area contributed by atoms with Crippen molar-refractivity contribution >= 4 is 27.2 Å². The average Bonchev–Trinajstić information content (AvgIpc) is 2.45. The van der Waals surface area contributed by atoms with Gasteiger partial charge in [0.1, 0.15) is 10.7 Å². The molecule has 0 fully saturated rings. The third-order valence-corrected chi connectivity index (χ3v) is 4.14. The fourth-order valence-electron chi connectivity index (χ4n) is 2.03. The highest BCUT2D eigenvalue weighted by Crippen LogP contribution is 2.29. The van der Waals surface area contributed by atoms with Gasteiger partial charge < -0.3 is 10.6 Å². The van der Waals surface area contributed by atoms with Gasteiger partial charge in [-0.25, -0.2) is 13.4 Å². The lowest BCUT2D eigenvalue weighted by molar-refractivity contribution is 0.601. The number of nitrogens with one attached hydrogen (secondary N) is 1. The van der Waals surface area contributed by atoms with E-state index < -0.39 is 9.84 Å². The molecule has 1 aromatic carbocycles. The maximum absolute atomic E-state index is 11.9. The van der Waals surface area contributed by atoms with Gasteiger partial charge in [0, 0.05) is 25.1 Å². The van der Waals surface area contributed by atoms with Crippen LogP contribution in [0.4, 0.5) is 11.5 Å². The number of nitrogen functional groups attached to an aromatic ring is 1. The van der Waals surface area contributed by atoms with Gasteiger partial charge in [-0.3, -0.25) is 5.41 Å². The molecule has 7 heteroatoms. The van der Waals surface area contributed by atoms with Crippen LogP contribution in [-0.2, 0) is 9.84 Å². The molecule has 0 saturated heterocycles. The number of para-hydroxylation sites is 1. The zero-order chi connectivity index (χ0) is 15.6. The Kier molecular flexibility index (Phi) is 3.95. The first-order chi connectivity index (χ1) is 9.82. The normalized spacial score (nSPS) is 11.1. The summed E-state index contributed by atoms with van der Waals surface area (Å²) in [7, 11) is -1.72. The smallest absolute Gasteiger partial charge is 0.179 e. The molecule has 0 radical (unpaired) electrons. The van der Waals surface area contributed by atoms with E-state index in [-0.39, 0.29) is 10.7 Å². The molecule has 110 valence electrons. The summed E-state index contributed by atoms with van der Waals surface area (Å²) >= 11 is 0. The van der Waals surface area contributed by atoms with Crippen molar-refractivity contribution in [2.24, 2.45) is 5.73 Å². The summed E-state index contributed by atoms with van der Waals surface area (Å²) < 4.78 is 23.7. The third-order valence-electron chi connectivity index (χ3n) is 3.02. The van der Waals surface area contributed by atoms with E-state index in [0.29, 0.717) is 17.1 Å². The summed E-state index contributed by atoms with van der Waals surface area (Å²) in [5.41, 5.74) is 6.71. The van der Waals surface area contributed by atoms with Crippen LogP contribution in [0, 0.1) is 5.41 Å². The topological polar surface area (TPSA) is 100 Å². The lowest BCUT2D eigenvalue weighted by Gasteiger charge is -2.22. The van der Waals surface area contributed by atoms with Gasteiger partial charge in [-0.05, 0) is 24.3 Å². The van der Waals surface area contributed by atoms with Gasteiger partial charge in [0.2, 0.25) is 0 Å². The molecular formula is C14H16N4O2S. The Hall–Kier alpha value is -2.41. The van der Waals surface area contributed by atoms with Crippen LogP contribution in [-0.4, -0.2) is 32.5 Å². The number of nitrogens with zero attached hydrogens (tertiary/aromatic N) is 2. The monoisotopic (exact) mass is 304 g/mol. The van der Waals surface area contributed by atoms with E-state index in [9.17, 15) is 8.42 Å². The van der Waals surface area contributed by atoms with E-state index in [4.69, 9.17) is 11.1 Å². The highest BCUT2D eigenvalue weighted by Gasteiger charge is 2.20. The fourth-order valence-corrected chi connectivity index (χ4v) is 2.88. The molecule has 3 N–H and O–H groups in total. The summed E-state index contributed by atoms with van der Waals surface area (Å²) in [6.45, 7) is 0. The number of hydrogen-bond acceptors (Lipinski definition) is 5. The minimum Gasteiger partial charge on any atom is -0.384 e. The minimum atomic E-state index is -3.41. The van der Waals surface area contributed by atoms with E-state index in [1.165, 1.54) is 12.3 Å². The molecule has 0 saturated carbocycles. The lowest BCUT2D eigenvalue weighted by atomic mass is 10.1. The molecule has 0 atom stereocenters. The second kappa shape index (κ2) is 5.53. The van der Waals surface area contributed by atoms with Crippen molar-refractivity contribution in [2.75, 3.05) is 18.2 Å². The standard InChI is InChI=1S/C14H16N4O2S/c1-18(11-7-4-3-6-10(11)13(15)16)14-12(21(2,19)20)8-5-9-17-14/h3-9H,1-2H3,(H3,15,16). The van der Waals surface area contributed by atoms with Crippen molar-refractivity contribution in [3.05, 3.63) is 48.2 Å². The summed E-state index contributed by atoms with van der Waals surface area (Å²) in [5, 5.41) is 7.62. The molecule has 2 aromatic rings. The van der Waals surface area contributed by atoms with E-state index in [1.807, 2.05) is 0 Å². The number of nitrogens with two attached hydrogens (primary N) is 1. The summed E-state index contributed by atoms with van der Waals surface area (Å²) in [6, 6.07) is 10.1. The molecule has 0 aliphatic carbocycles. The van der Waals surface area contributed by atoms with E-state index in [1.54, 1.807) is 42.3 Å². The zero-order valence-corrected chi connectivity index (χ0v) is 12.6. The molecule has 1 heterocycles. The molecule has 0 aliphatic heterocycles. The van der Waals surface area contributed by atoms with Gasteiger partial charge >= 0.3 is 0 Å². The van der Waals surface area contributed by atoms with Crippen LogP contribution in [0.1, 0.15) is 5.56 Å². The van der Waals surface area contributed by atoms with E-state index in [2.05, 4.69) is 4.98 Å². The average molecular weight is 304 g/mol. The molecule has 1 aromatic heterocycles. The Labute approximate surface area is 123 Å². The molecule has 21 heavy (non-hydrogen) atoms. The molecule has 0 spiro atoms. The summed E-state index contributed by atoms with van der Waals surface area (Å²) in [5.74, 6) is 0.211. The number of amidine groups is 1. The second-order valence-corrected chi connectivity index (χ2v) is 6.57. The highest BCUT2D eigenvalue weighted by molar-refractivity contribution is 7.90. The number of sulfone groups is 1. The van der Waals surface area contributed by atoms with Crippen LogP contribution in [0.3, 0.4) is 0 Å². The van der Waals surface area contributed by atoms with Crippen LogP contribution < -0.4 is 10.6 Å². The van der Waals surface area contributed by atoms with Crippen molar-refractivity contribution in [1.29, 1.82) is 5.41 Å². The second-order valence-electron chi connectivity index (χ2n) is 4.59. The Morgan fingerprint density at radius 3 is 2.52 bits per heavy atom. The predicted molar refractivity (Wildman–Crippen MR) is 82.9 cm³/mol. The Morgan fingerprint density at radius 1 is 1.24 bits per heavy atom. The van der Waals surface area contributed by atoms with Crippen molar-refractivity contribution in [3.63, 3.8) is 0 Å². The van der Waals surface area contributed by atoms with Crippen LogP contribution in [0.15, 0.2) is 47.5 Å². The minimum absolute atomic E-state index is 0.0886. The SMILES string of the molecule is CN(c1ccccc1C(=N)N)c1ncccc1S(C)(=O)=O. The number of hydrogen-bond donors (Lipinski definition) is 2. The summed E-state index contributed by atoms with van der Waals surface area (Å²) in [4.78, 5) is 5.91. The van der Waals surface area contributed by atoms with E-state index in [0.717, 1.165) is 6.26 Å². The highest BCUT2D eigenvalue weighted by atomic mass is 32.2. The first-order valence-corrected chi connectivity index (χ1v) is 8.03. The van der Waals surface area contributed by atoms with Crippen molar-refractivity contribution in [2.45, 2.75) is 4.90 Å². The Balaban J connectivity index is 2.62. The quantitative estimate of drug-likeness (QED) is 0.659. The molecule has 0 unspecified atom stereocenters. The van der Waals surface area contributed by atoms with Crippen LogP contribution in [0.2, 0.25) is 0 Å². The molecular weight excluding hydrogens is 288 g/mol. The van der Waals surface area contributed by atoms with Gasteiger partial charge in [-0.15, -0.1) is 0 Å². The van der Waals surface area contributed by atoms with Crippen molar-refractivity contribution < 1.29 is 8.42 Å². The number of benzene rings is 1. The first-order valence-electron chi connectivity index (χ1n) is 6.14. The number of aromatic nitrogens is 1. The van der Waals surface area contributed by atoms with Crippen molar-refractivity contribution in [1.82, 2.24) is 4.98 Å². The number of rotatable bonds is 4. The molecule has 6 nitrogen and oxygen atoms in total. The van der Waals surface area contributed by atoms with E-state index >= 15 is 0 Å².